The average Bonchev–Trinajstić information content (AvgIpc) is 1.89. The molecule has 0 aliphatic heterocycles. The molecule has 0 saturated heterocycles. The Morgan fingerprint density at radius 3 is 2.89 bits per heavy atom. The van der Waals surface area contributed by atoms with E-state index < -0.39 is 0 Å². The topological polar surface area (TPSA) is 50.9 Å². The fourth-order valence-electron chi connectivity index (χ4n) is 0.484. The third-order valence-corrected chi connectivity index (χ3v) is 0.957. The highest BCUT2D eigenvalue weighted by Gasteiger charge is 1.92. The number of aromatic nitrogens is 1. The van der Waals surface area contributed by atoms with Crippen molar-refractivity contribution >= 4 is 11.4 Å². The lowest BCUT2D eigenvalue weighted by molar-refractivity contribution is 0.617. The van der Waals surface area contributed by atoms with Crippen molar-refractivity contribution in [1.29, 1.82) is 0 Å². The lowest BCUT2D eigenvalue weighted by atomic mass is 10.4. The quantitative estimate of drug-likeness (QED) is 0.552. The molecule has 0 amide bonds. The predicted octanol–water partition coefficient (Wildman–Crippen LogP) is 0.960. The molecular weight excluding hydrogens is 121 g/mol. The second-order valence-electron chi connectivity index (χ2n) is 1.56. The summed E-state index contributed by atoms with van der Waals surface area (Å²) >= 11 is 0. The van der Waals surface area contributed by atoms with Crippen LogP contribution in [0.1, 0.15) is 0 Å². The number of halogens is 1. The van der Waals surface area contributed by atoms with Crippen LogP contribution in [0, 0.1) is 0 Å². The van der Waals surface area contributed by atoms with Gasteiger partial charge in [-0.25, -0.2) is 5.54 Å². The summed E-state index contributed by atoms with van der Waals surface area (Å²) in [7, 11) is 0. The Kier molecular flexibility index (Phi) is 1.48. The van der Waals surface area contributed by atoms with E-state index in [9.17, 15) is 4.48 Å². The summed E-state index contributed by atoms with van der Waals surface area (Å²) in [6.45, 7) is 0. The van der Waals surface area contributed by atoms with Gasteiger partial charge in [0.2, 0.25) is 0 Å². The van der Waals surface area contributed by atoms with Gasteiger partial charge in [-0.1, -0.05) is 0 Å². The van der Waals surface area contributed by atoms with Crippen LogP contribution in [0.15, 0.2) is 18.5 Å². The molecule has 0 aromatic carbocycles. The average molecular weight is 127 g/mol. The maximum absolute atomic E-state index is 11.6. The normalized spacial score (nSPS) is 9.00. The van der Waals surface area contributed by atoms with E-state index in [-0.39, 0.29) is 5.69 Å². The van der Waals surface area contributed by atoms with Crippen molar-refractivity contribution in [3.8, 4) is 0 Å². The third kappa shape index (κ3) is 1.07. The van der Waals surface area contributed by atoms with E-state index in [4.69, 9.17) is 5.73 Å². The first kappa shape index (κ1) is 5.81. The van der Waals surface area contributed by atoms with Crippen molar-refractivity contribution in [1.82, 2.24) is 4.98 Å². The number of nitrogens with two attached hydrogens (primary N) is 1. The largest absolute Gasteiger partial charge is 0.397 e. The van der Waals surface area contributed by atoms with Crippen molar-refractivity contribution < 1.29 is 4.48 Å². The predicted molar refractivity (Wildman–Crippen MR) is 33.4 cm³/mol. The first-order valence-electron chi connectivity index (χ1n) is 2.40. The third-order valence-electron chi connectivity index (χ3n) is 0.957. The number of rotatable bonds is 1. The van der Waals surface area contributed by atoms with Crippen molar-refractivity contribution in [2.45, 2.75) is 0 Å². The molecule has 1 aromatic rings. The highest BCUT2D eigenvalue weighted by molar-refractivity contribution is 5.62. The van der Waals surface area contributed by atoms with Gasteiger partial charge in [0.15, 0.2) is 0 Å². The van der Waals surface area contributed by atoms with Crippen LogP contribution < -0.4 is 11.3 Å². The summed E-state index contributed by atoms with van der Waals surface area (Å²) in [5.41, 5.74) is 7.26. The minimum atomic E-state index is 0.206. The minimum Gasteiger partial charge on any atom is -0.397 e. The van der Waals surface area contributed by atoms with Crippen LogP contribution in [0.3, 0.4) is 0 Å². The molecule has 1 rings (SSSR count). The molecular formula is C5H6FN3. The number of nitrogen functional groups attached to an aromatic ring is 1. The standard InChI is InChI=1S/C5H6FN3/c6-9-5-3-8-2-1-4(5)7/h1-3,9H,(H2,7,8). The second kappa shape index (κ2) is 2.30. The fraction of sp³-hybridized carbons (Fsp3) is 0. The Balaban J connectivity index is 3.01. The summed E-state index contributed by atoms with van der Waals surface area (Å²) in [5, 5.41) is 0. The first-order valence-corrected chi connectivity index (χ1v) is 2.40. The van der Waals surface area contributed by atoms with Gasteiger partial charge in [-0.3, -0.25) is 4.98 Å². The SMILES string of the molecule is Nc1ccncc1NF. The van der Waals surface area contributed by atoms with Crippen LogP contribution in [0.4, 0.5) is 15.9 Å². The number of hydrogen-bond acceptors (Lipinski definition) is 3. The summed E-state index contributed by atoms with van der Waals surface area (Å²) < 4.78 is 11.6. The Morgan fingerprint density at radius 1 is 1.67 bits per heavy atom. The van der Waals surface area contributed by atoms with Gasteiger partial charge in [-0.05, 0) is 6.07 Å². The Morgan fingerprint density at radius 2 is 2.44 bits per heavy atom. The van der Waals surface area contributed by atoms with Crippen LogP contribution in [-0.4, -0.2) is 4.98 Å². The number of anilines is 2. The fourth-order valence-corrected chi connectivity index (χ4v) is 0.484. The summed E-state index contributed by atoms with van der Waals surface area (Å²) in [6.07, 6.45) is 2.81. The van der Waals surface area contributed by atoms with E-state index in [1.807, 2.05) is 0 Å². The van der Waals surface area contributed by atoms with Gasteiger partial charge in [-0.15, -0.1) is 4.48 Å². The molecule has 4 heteroatoms. The van der Waals surface area contributed by atoms with E-state index in [2.05, 4.69) is 4.98 Å². The molecule has 0 saturated carbocycles. The van der Waals surface area contributed by atoms with Crippen molar-refractivity contribution in [2.75, 3.05) is 11.3 Å². The molecule has 0 atom stereocenters. The highest BCUT2D eigenvalue weighted by Crippen LogP contribution is 2.13. The summed E-state index contributed by atoms with van der Waals surface area (Å²) in [5.74, 6) is 0. The molecule has 1 heterocycles. The summed E-state index contributed by atoms with van der Waals surface area (Å²) in [6, 6.07) is 1.52. The van der Waals surface area contributed by atoms with Gasteiger partial charge in [0.1, 0.15) is 5.69 Å². The van der Waals surface area contributed by atoms with Gasteiger partial charge in [0, 0.05) is 6.20 Å². The lowest BCUT2D eigenvalue weighted by Gasteiger charge is -1.97. The highest BCUT2D eigenvalue weighted by atomic mass is 19.2. The van der Waals surface area contributed by atoms with Crippen LogP contribution >= 0.6 is 0 Å². The number of nitrogens with zero attached hydrogens (tertiary/aromatic N) is 1. The molecule has 0 aliphatic rings. The zero-order valence-corrected chi connectivity index (χ0v) is 4.63. The van der Waals surface area contributed by atoms with Crippen molar-refractivity contribution in [3.05, 3.63) is 18.5 Å². The van der Waals surface area contributed by atoms with Gasteiger partial charge < -0.3 is 5.73 Å². The van der Waals surface area contributed by atoms with Gasteiger partial charge in [-0.2, -0.15) is 0 Å². The Labute approximate surface area is 51.6 Å². The maximum atomic E-state index is 11.6. The molecule has 3 N–H and O–H groups in total. The van der Waals surface area contributed by atoms with Crippen molar-refractivity contribution in [2.24, 2.45) is 0 Å². The molecule has 48 valence electrons. The van der Waals surface area contributed by atoms with Gasteiger partial charge in [0.05, 0.1) is 11.9 Å². The maximum Gasteiger partial charge on any atom is 0.107 e. The van der Waals surface area contributed by atoms with Gasteiger partial charge in [0.25, 0.3) is 0 Å². The lowest BCUT2D eigenvalue weighted by Crippen LogP contribution is -1.91. The van der Waals surface area contributed by atoms with Crippen LogP contribution in [-0.2, 0) is 0 Å². The number of hydrogen-bond donors (Lipinski definition) is 2. The van der Waals surface area contributed by atoms with Crippen LogP contribution in [0.5, 0.6) is 0 Å². The Hall–Kier alpha value is -1.32. The number of nitrogens with one attached hydrogen (secondary N) is 1. The molecule has 0 aliphatic carbocycles. The second-order valence-corrected chi connectivity index (χ2v) is 1.56. The zero-order chi connectivity index (χ0) is 6.69. The van der Waals surface area contributed by atoms with Crippen LogP contribution in [0.25, 0.3) is 0 Å². The van der Waals surface area contributed by atoms with E-state index >= 15 is 0 Å². The molecule has 9 heavy (non-hydrogen) atoms. The van der Waals surface area contributed by atoms with E-state index in [0.717, 1.165) is 0 Å². The number of pyridine rings is 1. The Bertz CT molecular complexity index is 201. The molecule has 0 fully saturated rings. The van der Waals surface area contributed by atoms with Gasteiger partial charge >= 0.3 is 0 Å². The minimum absolute atomic E-state index is 0.206. The van der Waals surface area contributed by atoms with E-state index in [1.54, 1.807) is 0 Å². The zero-order valence-electron chi connectivity index (χ0n) is 4.63. The molecule has 0 bridgehead atoms. The molecule has 0 radical (unpaired) electrons. The molecule has 0 spiro atoms. The molecule has 1 aromatic heterocycles. The molecule has 3 nitrogen and oxygen atoms in total. The smallest absolute Gasteiger partial charge is 0.107 e. The first-order chi connectivity index (χ1) is 4.34. The van der Waals surface area contributed by atoms with Crippen molar-refractivity contribution in [3.63, 3.8) is 0 Å². The van der Waals surface area contributed by atoms with E-state index in [1.165, 1.54) is 24.0 Å². The summed E-state index contributed by atoms with van der Waals surface area (Å²) in [4.78, 5) is 3.63. The monoisotopic (exact) mass is 127 g/mol. The van der Waals surface area contributed by atoms with E-state index in [0.29, 0.717) is 5.69 Å². The van der Waals surface area contributed by atoms with Crippen LogP contribution in [0.2, 0.25) is 0 Å². The molecule has 0 unspecified atom stereocenters.